The molecule has 2 fully saturated rings. The van der Waals surface area contributed by atoms with Crippen molar-refractivity contribution in [3.8, 4) is 11.8 Å². The van der Waals surface area contributed by atoms with Gasteiger partial charge in [-0.25, -0.2) is 4.39 Å². The first-order valence-electron chi connectivity index (χ1n) is 15.5. The van der Waals surface area contributed by atoms with Gasteiger partial charge < -0.3 is 24.5 Å². The lowest BCUT2D eigenvalue weighted by atomic mass is 10.0. The molecule has 0 radical (unpaired) electrons. The third-order valence-electron chi connectivity index (χ3n) is 8.34. The number of carbonyl (C=O) groups is 1. The number of hydrogen-bond acceptors (Lipinski definition) is 8. The number of aromatic hydroxyl groups is 1. The number of halogens is 1. The van der Waals surface area contributed by atoms with Gasteiger partial charge in [-0.2, -0.15) is 9.97 Å². The third-order valence-corrected chi connectivity index (χ3v) is 8.34. The van der Waals surface area contributed by atoms with Gasteiger partial charge in [-0.05, 0) is 43.3 Å². The van der Waals surface area contributed by atoms with Crippen LogP contribution in [0.15, 0.2) is 49.1 Å². The highest BCUT2D eigenvalue weighted by Gasteiger charge is 2.29. The lowest BCUT2D eigenvalue weighted by molar-refractivity contribution is -0.126. The van der Waals surface area contributed by atoms with E-state index in [4.69, 9.17) is 14.7 Å². The van der Waals surface area contributed by atoms with E-state index < -0.39 is 6.17 Å². The van der Waals surface area contributed by atoms with Gasteiger partial charge in [0.05, 0.1) is 12.2 Å². The topological polar surface area (TPSA) is 85.3 Å². The fourth-order valence-electron chi connectivity index (χ4n) is 6.19. The van der Waals surface area contributed by atoms with E-state index in [-0.39, 0.29) is 11.7 Å². The van der Waals surface area contributed by atoms with E-state index in [1.165, 1.54) is 6.08 Å². The van der Waals surface area contributed by atoms with Crippen molar-refractivity contribution < 1.29 is 19.0 Å². The molecule has 2 saturated heterocycles. The second-order valence-corrected chi connectivity index (χ2v) is 11.0. The zero-order valence-electron chi connectivity index (χ0n) is 25.3. The first-order chi connectivity index (χ1) is 21.0. The number of piperazine rings is 1. The number of amides is 1. The Kier molecular flexibility index (Phi) is 9.97. The number of ether oxygens (including phenoxy) is 1. The second kappa shape index (κ2) is 14.0. The van der Waals surface area contributed by atoms with Crippen molar-refractivity contribution in [2.24, 2.45) is 0 Å². The highest BCUT2D eigenvalue weighted by atomic mass is 19.1. The van der Waals surface area contributed by atoms with Gasteiger partial charge in [0.25, 0.3) is 0 Å². The van der Waals surface area contributed by atoms with Gasteiger partial charge in [-0.15, -0.1) is 0 Å². The fourth-order valence-corrected chi connectivity index (χ4v) is 6.19. The van der Waals surface area contributed by atoms with Crippen LogP contribution in [0.25, 0.3) is 10.8 Å². The Balaban J connectivity index is 0.00000180. The fraction of sp³-hybridized carbons (Fsp3) is 0.485. The van der Waals surface area contributed by atoms with Crippen molar-refractivity contribution in [1.29, 1.82) is 0 Å². The number of hydrogen-bond donors (Lipinski definition) is 1. The average Bonchev–Trinajstić information content (AvgIpc) is 3.04. The van der Waals surface area contributed by atoms with Crippen molar-refractivity contribution in [1.82, 2.24) is 19.8 Å². The number of phenolic OH excluding ortho intramolecular Hbond substituents is 1. The van der Waals surface area contributed by atoms with E-state index in [9.17, 15) is 14.3 Å². The molecule has 6 rings (SSSR count). The highest BCUT2D eigenvalue weighted by molar-refractivity contribution is 5.95. The smallest absolute Gasteiger partial charge is 0.318 e. The molecule has 1 amide bonds. The number of piperidine rings is 1. The van der Waals surface area contributed by atoms with Crippen LogP contribution in [0.2, 0.25) is 0 Å². The summed E-state index contributed by atoms with van der Waals surface area (Å²) in [6.07, 6.45) is 2.82. The summed E-state index contributed by atoms with van der Waals surface area (Å²) in [5.74, 6) is 1.04. The van der Waals surface area contributed by atoms with Crippen LogP contribution in [0, 0.1) is 0 Å². The minimum Gasteiger partial charge on any atom is -0.508 e. The van der Waals surface area contributed by atoms with Gasteiger partial charge in [0.15, 0.2) is 0 Å². The summed E-state index contributed by atoms with van der Waals surface area (Å²) >= 11 is 0. The molecular formula is C33H43FN6O3. The molecule has 1 atom stereocenters. The van der Waals surface area contributed by atoms with Crippen LogP contribution < -0.4 is 14.5 Å². The van der Waals surface area contributed by atoms with E-state index in [0.717, 1.165) is 59.5 Å². The number of nitrogens with zero attached hydrogens (tertiary/aromatic N) is 6. The van der Waals surface area contributed by atoms with Crippen LogP contribution in [-0.4, -0.2) is 95.9 Å². The number of phenols is 1. The normalized spacial score (nSPS) is 19.0. The molecule has 1 aromatic heterocycles. The Labute approximate surface area is 253 Å². The molecule has 3 aliphatic heterocycles. The predicted octanol–water partition coefficient (Wildman–Crippen LogP) is 4.57. The predicted molar refractivity (Wildman–Crippen MR) is 169 cm³/mol. The molecule has 0 bridgehead atoms. The summed E-state index contributed by atoms with van der Waals surface area (Å²) in [5, 5.41) is 12.5. The molecule has 4 heterocycles. The van der Waals surface area contributed by atoms with Crippen molar-refractivity contribution in [3.05, 3.63) is 60.3 Å². The number of fused-ring (bicyclic) bond motifs is 2. The van der Waals surface area contributed by atoms with E-state index in [1.54, 1.807) is 11.0 Å². The van der Waals surface area contributed by atoms with E-state index in [2.05, 4.69) is 27.3 Å². The molecule has 1 unspecified atom stereocenters. The SMILES string of the molecule is C=CC(=O)N1CCN(c2nc(OCCN3CCCC(F)C3)nc3c2CCN(c2cc(O)cc4ccccc24)C3)CC1.CC. The zero-order chi connectivity index (χ0) is 30.3. The maximum Gasteiger partial charge on any atom is 0.318 e. The van der Waals surface area contributed by atoms with E-state index in [0.29, 0.717) is 64.9 Å². The maximum atomic E-state index is 13.9. The standard InChI is InChI=1S/C31H37FN6O3.C2H6/c1-2-29(40)36-12-14-37(15-13-36)30-26-9-11-38(28-19-24(39)18-22-6-3-4-8-25(22)28)21-27(26)33-31(34-30)41-17-16-35-10-5-7-23(32)20-35;1-2/h2-4,6,8,18-19,23,39H,1,5,7,9-17,20-21H2;1-2H3. The van der Waals surface area contributed by atoms with Crippen molar-refractivity contribution >= 4 is 28.2 Å². The molecule has 3 aromatic rings. The third kappa shape index (κ3) is 7.01. The van der Waals surface area contributed by atoms with Gasteiger partial charge >= 0.3 is 6.01 Å². The highest BCUT2D eigenvalue weighted by Crippen LogP contribution is 2.36. The van der Waals surface area contributed by atoms with Crippen LogP contribution >= 0.6 is 0 Å². The average molecular weight is 591 g/mol. The molecule has 0 spiro atoms. The minimum absolute atomic E-state index is 0.0550. The molecule has 3 aliphatic rings. The molecule has 230 valence electrons. The Morgan fingerprint density at radius 3 is 2.65 bits per heavy atom. The zero-order valence-corrected chi connectivity index (χ0v) is 25.3. The Bertz CT molecular complexity index is 1430. The van der Waals surface area contributed by atoms with Gasteiger partial charge in [0, 0.05) is 68.5 Å². The van der Waals surface area contributed by atoms with Crippen molar-refractivity contribution in [3.63, 3.8) is 0 Å². The number of anilines is 2. The number of alkyl halides is 1. The quantitative estimate of drug-likeness (QED) is 0.401. The molecule has 43 heavy (non-hydrogen) atoms. The van der Waals surface area contributed by atoms with Crippen molar-refractivity contribution in [2.75, 3.05) is 68.8 Å². The molecule has 1 N–H and O–H groups in total. The molecule has 10 heteroatoms. The van der Waals surface area contributed by atoms with E-state index in [1.807, 2.05) is 38.1 Å². The summed E-state index contributed by atoms with van der Waals surface area (Å²) in [5.41, 5.74) is 2.96. The Morgan fingerprint density at radius 2 is 1.88 bits per heavy atom. The number of benzene rings is 2. The van der Waals surface area contributed by atoms with Crippen LogP contribution in [0.1, 0.15) is 37.9 Å². The van der Waals surface area contributed by atoms with Crippen LogP contribution in [0.5, 0.6) is 11.8 Å². The number of rotatable bonds is 7. The summed E-state index contributed by atoms with van der Waals surface area (Å²) in [6.45, 7) is 13.8. The molecule has 2 aromatic carbocycles. The van der Waals surface area contributed by atoms with Crippen LogP contribution in [-0.2, 0) is 17.8 Å². The second-order valence-electron chi connectivity index (χ2n) is 11.0. The van der Waals surface area contributed by atoms with Crippen LogP contribution in [0.3, 0.4) is 0 Å². The van der Waals surface area contributed by atoms with Gasteiger partial charge in [0.2, 0.25) is 5.91 Å². The first-order valence-corrected chi connectivity index (χ1v) is 15.5. The Hall–Kier alpha value is -3.92. The maximum absolute atomic E-state index is 13.9. The van der Waals surface area contributed by atoms with Gasteiger partial charge in [-0.3, -0.25) is 9.69 Å². The summed E-state index contributed by atoms with van der Waals surface area (Å²) in [7, 11) is 0. The van der Waals surface area contributed by atoms with Crippen LogP contribution in [0.4, 0.5) is 15.9 Å². The molecule has 0 saturated carbocycles. The molecule has 9 nitrogen and oxygen atoms in total. The lowest BCUT2D eigenvalue weighted by Gasteiger charge is -2.38. The molecular weight excluding hydrogens is 547 g/mol. The van der Waals surface area contributed by atoms with E-state index >= 15 is 0 Å². The monoisotopic (exact) mass is 590 g/mol. The largest absolute Gasteiger partial charge is 0.508 e. The number of carbonyl (C=O) groups excluding carboxylic acids is 1. The first kappa shape index (κ1) is 30.5. The lowest BCUT2D eigenvalue weighted by Crippen LogP contribution is -2.49. The summed E-state index contributed by atoms with van der Waals surface area (Å²) in [6, 6.07) is 12.0. The van der Waals surface area contributed by atoms with Gasteiger partial charge in [-0.1, -0.05) is 44.7 Å². The number of likely N-dealkylation sites (tertiary alicyclic amines) is 1. The van der Waals surface area contributed by atoms with Gasteiger partial charge in [0.1, 0.15) is 24.3 Å². The molecule has 0 aliphatic carbocycles. The summed E-state index contributed by atoms with van der Waals surface area (Å²) < 4.78 is 20.0. The number of aromatic nitrogens is 2. The summed E-state index contributed by atoms with van der Waals surface area (Å²) in [4.78, 5) is 30.3. The minimum atomic E-state index is -0.776. The Morgan fingerprint density at radius 1 is 1.09 bits per heavy atom. The van der Waals surface area contributed by atoms with Crippen molar-refractivity contribution in [2.45, 2.75) is 45.8 Å².